The Morgan fingerprint density at radius 3 is 2.23 bits per heavy atom. The van der Waals surface area contributed by atoms with Crippen molar-refractivity contribution in [2.45, 2.75) is 59.2 Å². The maximum Gasteiger partial charge on any atom is 0.259 e. The molecule has 11 nitrogen and oxygen atoms in total. The van der Waals surface area contributed by atoms with Gasteiger partial charge in [-0.3, -0.25) is 4.79 Å². The number of nitrogens with zero attached hydrogens (tertiary/aromatic N) is 6. The molecule has 2 atom stereocenters. The molecule has 3 rings (SSSR count). The number of nitrogens with one attached hydrogen (secondary N) is 2. The van der Waals surface area contributed by atoms with Gasteiger partial charge in [0.15, 0.2) is 11.6 Å². The summed E-state index contributed by atoms with van der Waals surface area (Å²) in [7, 11) is 3.39. The molecule has 4 N–H and O–H groups in total. The van der Waals surface area contributed by atoms with E-state index in [0.29, 0.717) is 40.9 Å². The molecule has 1 aromatic carbocycles. The van der Waals surface area contributed by atoms with Crippen LogP contribution in [0.15, 0.2) is 46.6 Å². The lowest BCUT2D eigenvalue weighted by Gasteiger charge is -2.18. The van der Waals surface area contributed by atoms with Gasteiger partial charge >= 0.3 is 0 Å². The lowest BCUT2D eigenvalue weighted by Crippen LogP contribution is -2.25. The molecule has 2 unspecified atom stereocenters. The molecule has 0 aliphatic carbocycles. The van der Waals surface area contributed by atoms with E-state index in [1.165, 1.54) is 4.90 Å². The summed E-state index contributed by atoms with van der Waals surface area (Å²) < 4.78 is 1.64. The van der Waals surface area contributed by atoms with Crippen LogP contribution in [0.5, 0.6) is 0 Å². The normalized spacial score (nSPS) is 13.4. The molecule has 0 saturated heterocycles. The quantitative estimate of drug-likeness (QED) is 0.278. The summed E-state index contributed by atoms with van der Waals surface area (Å²) in [6.07, 6.45) is -1.17. The number of carbonyl (C=O) groups excluding carboxylic acids is 1. The summed E-state index contributed by atoms with van der Waals surface area (Å²) in [5.74, 6) is 1.04. The first-order chi connectivity index (χ1) is 18.3. The van der Waals surface area contributed by atoms with Crippen molar-refractivity contribution in [3.05, 3.63) is 53.2 Å². The Balaban J connectivity index is 2.23. The fourth-order valence-corrected chi connectivity index (χ4v) is 3.80. The van der Waals surface area contributed by atoms with Gasteiger partial charge in [0.1, 0.15) is 17.1 Å². The third kappa shape index (κ3) is 7.39. The predicted octanol–water partition coefficient (Wildman–Crippen LogP) is 4.58. The van der Waals surface area contributed by atoms with Gasteiger partial charge in [-0.2, -0.15) is 5.10 Å². The zero-order valence-corrected chi connectivity index (χ0v) is 24.0. The summed E-state index contributed by atoms with van der Waals surface area (Å²) in [4.78, 5) is 19.6. The minimum atomic E-state index is -0.621. The number of anilines is 2. The lowest BCUT2D eigenvalue weighted by atomic mass is 9.89. The van der Waals surface area contributed by atoms with Crippen LogP contribution >= 0.6 is 0 Å². The smallest absolute Gasteiger partial charge is 0.259 e. The van der Waals surface area contributed by atoms with Gasteiger partial charge in [-0.15, -0.1) is 10.2 Å². The molecule has 3 aromatic rings. The third-order valence-electron chi connectivity index (χ3n) is 5.76. The zero-order chi connectivity index (χ0) is 28.9. The first kappa shape index (κ1) is 29.7. The fraction of sp³-hybridized carbons (Fsp3) is 0.464. The second-order valence-electron chi connectivity index (χ2n) is 10.9. The van der Waals surface area contributed by atoms with Gasteiger partial charge in [0.25, 0.3) is 5.91 Å². The van der Waals surface area contributed by atoms with Gasteiger partial charge < -0.3 is 25.7 Å². The number of rotatable bonds is 10. The third-order valence-corrected chi connectivity index (χ3v) is 5.76. The molecule has 2 heterocycles. The van der Waals surface area contributed by atoms with Crippen molar-refractivity contribution in [3.63, 3.8) is 0 Å². The number of aryl methyl sites for hydroxylation is 1. The van der Waals surface area contributed by atoms with Crippen LogP contribution in [0, 0.1) is 6.92 Å². The number of carbonyl (C=O) groups is 1. The highest BCUT2D eigenvalue weighted by atomic mass is 16.3. The van der Waals surface area contributed by atoms with E-state index in [2.05, 4.69) is 25.8 Å². The summed E-state index contributed by atoms with van der Waals surface area (Å²) in [6.45, 7) is 11.8. The van der Waals surface area contributed by atoms with Crippen LogP contribution in [-0.4, -0.2) is 75.2 Å². The Morgan fingerprint density at radius 1 is 1.05 bits per heavy atom. The summed E-state index contributed by atoms with van der Waals surface area (Å²) in [6, 6.07) is 11.3. The molecule has 210 valence electrons. The number of aliphatic hydroxyl groups is 2. The molecule has 39 heavy (non-hydrogen) atoms. The largest absolute Gasteiger partial charge is 0.392 e. The number of benzene rings is 1. The highest BCUT2D eigenvalue weighted by Gasteiger charge is 2.32. The monoisotopic (exact) mass is 536 g/mol. The molecule has 2 aromatic heterocycles. The molecule has 1 amide bonds. The summed E-state index contributed by atoms with van der Waals surface area (Å²) in [5.41, 5.74) is 2.51. The van der Waals surface area contributed by atoms with Crippen molar-refractivity contribution in [1.29, 1.82) is 0 Å². The highest BCUT2D eigenvalue weighted by Crippen LogP contribution is 2.37. The van der Waals surface area contributed by atoms with E-state index in [4.69, 9.17) is 5.10 Å². The van der Waals surface area contributed by atoms with E-state index in [1.807, 2.05) is 64.1 Å². The Hall–Kier alpha value is -3.83. The number of aliphatic hydroxyl groups excluding tert-OH is 2. The molecule has 0 aliphatic rings. The van der Waals surface area contributed by atoms with Crippen molar-refractivity contribution in [3.8, 4) is 5.69 Å². The number of amides is 1. The van der Waals surface area contributed by atoms with E-state index in [9.17, 15) is 15.0 Å². The molecule has 0 radical (unpaired) electrons. The number of azo groups is 1. The fourth-order valence-electron chi connectivity index (χ4n) is 3.80. The molecular formula is C28H40N8O3. The topological polar surface area (TPSA) is 140 Å². The van der Waals surface area contributed by atoms with E-state index in [0.717, 1.165) is 11.3 Å². The number of hydrogen-bond donors (Lipinski definition) is 4. The molecule has 0 spiro atoms. The molecule has 11 heteroatoms. The van der Waals surface area contributed by atoms with Crippen LogP contribution < -0.4 is 10.6 Å². The van der Waals surface area contributed by atoms with Crippen molar-refractivity contribution < 1.29 is 15.0 Å². The molecular weight excluding hydrogens is 496 g/mol. The Bertz CT molecular complexity index is 1310. The van der Waals surface area contributed by atoms with Gasteiger partial charge in [-0.25, -0.2) is 9.67 Å². The van der Waals surface area contributed by atoms with Crippen molar-refractivity contribution in [2.24, 2.45) is 10.2 Å². The van der Waals surface area contributed by atoms with Crippen LogP contribution in [-0.2, 0) is 5.41 Å². The molecule has 0 bridgehead atoms. The van der Waals surface area contributed by atoms with E-state index >= 15 is 0 Å². The highest BCUT2D eigenvalue weighted by molar-refractivity contribution is 6.00. The van der Waals surface area contributed by atoms with Crippen LogP contribution in [0.4, 0.5) is 23.1 Å². The Morgan fingerprint density at radius 2 is 1.67 bits per heavy atom. The van der Waals surface area contributed by atoms with Crippen LogP contribution in [0.25, 0.3) is 5.69 Å². The standard InChI is InChI=1S/C28H40N8O3/c1-17-14-21(29-15-18(2)37)31-25(30-16-19(3)38)23(17)32-33-26-22(27(39)35(7)8)24(28(4,5)6)34-36(26)20-12-10-9-11-13-20/h9-14,18-19,37-38H,15-16H2,1-8H3,(H2,29,30,31). The molecule has 0 saturated carbocycles. The van der Waals surface area contributed by atoms with Crippen molar-refractivity contribution >= 4 is 29.0 Å². The average molecular weight is 537 g/mol. The summed E-state index contributed by atoms with van der Waals surface area (Å²) >= 11 is 0. The minimum absolute atomic E-state index is 0.226. The first-order valence-corrected chi connectivity index (χ1v) is 13.0. The first-order valence-electron chi connectivity index (χ1n) is 13.0. The van der Waals surface area contributed by atoms with Gasteiger partial charge in [-0.05, 0) is 44.5 Å². The maximum absolute atomic E-state index is 13.5. The molecule has 0 fully saturated rings. The lowest BCUT2D eigenvalue weighted by molar-refractivity contribution is 0.0826. The SMILES string of the molecule is Cc1cc(NCC(C)O)nc(NCC(C)O)c1N=Nc1c(C(=O)N(C)C)c(C(C)(C)C)nn1-c1ccccc1. The van der Waals surface area contributed by atoms with Gasteiger partial charge in [0.2, 0.25) is 0 Å². The average Bonchev–Trinajstić information content (AvgIpc) is 3.25. The number of pyridine rings is 1. The second-order valence-corrected chi connectivity index (χ2v) is 10.9. The van der Waals surface area contributed by atoms with Crippen LogP contribution in [0.3, 0.4) is 0 Å². The van der Waals surface area contributed by atoms with E-state index < -0.39 is 17.6 Å². The van der Waals surface area contributed by atoms with Gasteiger partial charge in [-0.1, -0.05) is 39.0 Å². The number of hydrogen-bond acceptors (Lipinski definition) is 9. The van der Waals surface area contributed by atoms with E-state index in [1.54, 1.807) is 32.6 Å². The van der Waals surface area contributed by atoms with Crippen molar-refractivity contribution in [2.75, 3.05) is 37.8 Å². The van der Waals surface area contributed by atoms with Crippen molar-refractivity contribution in [1.82, 2.24) is 19.7 Å². The molecule has 0 aliphatic heterocycles. The van der Waals surface area contributed by atoms with E-state index in [-0.39, 0.29) is 12.5 Å². The maximum atomic E-state index is 13.5. The van der Waals surface area contributed by atoms with Gasteiger partial charge in [0.05, 0.1) is 23.6 Å². The second kappa shape index (κ2) is 12.4. The van der Waals surface area contributed by atoms with Crippen LogP contribution in [0.2, 0.25) is 0 Å². The number of para-hydroxylation sites is 1. The predicted molar refractivity (Wildman–Crippen MR) is 154 cm³/mol. The minimum Gasteiger partial charge on any atom is -0.392 e. The Labute approximate surface area is 230 Å². The summed E-state index contributed by atoms with van der Waals surface area (Å²) in [5, 5.41) is 39.8. The zero-order valence-electron chi connectivity index (χ0n) is 24.0. The number of aromatic nitrogens is 3. The van der Waals surface area contributed by atoms with Gasteiger partial charge in [0, 0.05) is 32.6 Å². The van der Waals surface area contributed by atoms with Crippen LogP contribution in [0.1, 0.15) is 56.2 Å². The Kier molecular flexibility index (Phi) is 9.41.